The number of phenolic OH excluding ortho intramolecular Hbond substituents is 1. The van der Waals surface area contributed by atoms with Crippen molar-refractivity contribution in [1.29, 1.82) is 5.26 Å². The first-order valence-electron chi connectivity index (χ1n) is 5.32. The monoisotopic (exact) mass is 325 g/mol. The summed E-state index contributed by atoms with van der Waals surface area (Å²) in [4.78, 5) is 11.3. The minimum Gasteiger partial charge on any atom is -0.503 e. The Morgan fingerprint density at radius 3 is 2.84 bits per heavy atom. The fourth-order valence-corrected chi connectivity index (χ4v) is 1.71. The maximum absolute atomic E-state index is 11.3. The van der Waals surface area contributed by atoms with E-state index in [4.69, 9.17) is 14.7 Å². The van der Waals surface area contributed by atoms with Crippen molar-refractivity contribution in [3.63, 3.8) is 0 Å². The standard InChI is InChI=1S/C13H12BrNO4/c1-8(7-15)19-12(16)4-3-9-5-10(14)13(17)11(6-9)18-2/h3-6,8,17H,1-2H3/b4-3+/t8-/m0/s1. The van der Waals surface area contributed by atoms with E-state index in [2.05, 4.69) is 15.9 Å². The summed E-state index contributed by atoms with van der Waals surface area (Å²) >= 11 is 3.17. The van der Waals surface area contributed by atoms with Crippen LogP contribution in [0.5, 0.6) is 11.5 Å². The van der Waals surface area contributed by atoms with Gasteiger partial charge in [0, 0.05) is 6.08 Å². The van der Waals surface area contributed by atoms with E-state index in [0.717, 1.165) is 0 Å². The van der Waals surface area contributed by atoms with Gasteiger partial charge in [0.2, 0.25) is 0 Å². The average Bonchev–Trinajstić information content (AvgIpc) is 2.39. The van der Waals surface area contributed by atoms with E-state index in [0.29, 0.717) is 10.0 Å². The summed E-state index contributed by atoms with van der Waals surface area (Å²) in [5.74, 6) is -0.342. The fourth-order valence-electron chi connectivity index (χ4n) is 1.25. The number of hydrogen-bond donors (Lipinski definition) is 1. The van der Waals surface area contributed by atoms with Crippen molar-refractivity contribution >= 4 is 28.0 Å². The molecule has 0 fully saturated rings. The van der Waals surface area contributed by atoms with Crippen LogP contribution in [0.1, 0.15) is 12.5 Å². The predicted molar refractivity (Wildman–Crippen MR) is 72.6 cm³/mol. The van der Waals surface area contributed by atoms with Gasteiger partial charge in [-0.15, -0.1) is 0 Å². The molecule has 0 spiro atoms. The third-order valence-corrected chi connectivity index (χ3v) is 2.76. The maximum Gasteiger partial charge on any atom is 0.332 e. The molecule has 5 nitrogen and oxygen atoms in total. The fraction of sp³-hybridized carbons (Fsp3) is 0.231. The molecule has 6 heteroatoms. The van der Waals surface area contributed by atoms with Crippen molar-refractivity contribution in [2.24, 2.45) is 0 Å². The van der Waals surface area contributed by atoms with Crippen LogP contribution in [0.15, 0.2) is 22.7 Å². The van der Waals surface area contributed by atoms with Gasteiger partial charge in [-0.25, -0.2) is 4.79 Å². The SMILES string of the molecule is COc1cc(/C=C/C(=O)O[C@@H](C)C#N)cc(Br)c1O. The zero-order valence-corrected chi connectivity index (χ0v) is 12.0. The Morgan fingerprint density at radius 2 is 2.26 bits per heavy atom. The number of esters is 1. The first-order valence-corrected chi connectivity index (χ1v) is 6.12. The summed E-state index contributed by atoms with van der Waals surface area (Å²) in [5.41, 5.74) is 0.642. The van der Waals surface area contributed by atoms with E-state index in [1.54, 1.807) is 18.2 Å². The third-order valence-electron chi connectivity index (χ3n) is 2.16. The summed E-state index contributed by atoms with van der Waals surface area (Å²) in [5, 5.41) is 18.1. The second kappa shape index (κ2) is 6.81. The van der Waals surface area contributed by atoms with Crippen LogP contribution in [-0.2, 0) is 9.53 Å². The van der Waals surface area contributed by atoms with Gasteiger partial charge in [0.15, 0.2) is 17.6 Å². The molecule has 0 bridgehead atoms. The van der Waals surface area contributed by atoms with Crippen LogP contribution in [0.4, 0.5) is 0 Å². The van der Waals surface area contributed by atoms with Crippen LogP contribution in [0, 0.1) is 11.3 Å². The lowest BCUT2D eigenvalue weighted by Crippen LogP contribution is -2.10. The number of aromatic hydroxyl groups is 1. The highest BCUT2D eigenvalue weighted by molar-refractivity contribution is 9.10. The van der Waals surface area contributed by atoms with Crippen molar-refractivity contribution < 1.29 is 19.4 Å². The molecule has 1 atom stereocenters. The molecule has 0 aliphatic heterocycles. The molecule has 1 rings (SSSR count). The number of carbonyl (C=O) groups excluding carboxylic acids is 1. The molecule has 0 saturated heterocycles. The molecule has 0 aromatic heterocycles. The number of rotatable bonds is 4. The molecule has 1 N–H and O–H groups in total. The number of ether oxygens (including phenoxy) is 2. The summed E-state index contributed by atoms with van der Waals surface area (Å²) in [6.45, 7) is 1.48. The van der Waals surface area contributed by atoms with Crippen LogP contribution >= 0.6 is 15.9 Å². The van der Waals surface area contributed by atoms with Gasteiger partial charge in [0.05, 0.1) is 11.6 Å². The van der Waals surface area contributed by atoms with Gasteiger partial charge in [-0.3, -0.25) is 0 Å². The van der Waals surface area contributed by atoms with Crippen LogP contribution in [0.3, 0.4) is 0 Å². The van der Waals surface area contributed by atoms with Crippen molar-refractivity contribution in [1.82, 2.24) is 0 Å². The highest BCUT2D eigenvalue weighted by atomic mass is 79.9. The highest BCUT2D eigenvalue weighted by Gasteiger charge is 2.08. The largest absolute Gasteiger partial charge is 0.503 e. The molecular weight excluding hydrogens is 314 g/mol. The molecule has 0 amide bonds. The smallest absolute Gasteiger partial charge is 0.332 e. The molecule has 0 unspecified atom stereocenters. The molecule has 100 valence electrons. The minimum absolute atomic E-state index is 0.0136. The summed E-state index contributed by atoms with van der Waals surface area (Å²) in [7, 11) is 1.43. The van der Waals surface area contributed by atoms with Crippen molar-refractivity contribution in [3.8, 4) is 17.6 Å². The van der Waals surface area contributed by atoms with Crippen LogP contribution in [0.2, 0.25) is 0 Å². The number of methoxy groups -OCH3 is 1. The third kappa shape index (κ3) is 4.30. The van der Waals surface area contributed by atoms with Crippen molar-refractivity contribution in [2.45, 2.75) is 13.0 Å². The predicted octanol–water partition coefficient (Wildman–Crippen LogP) is 2.63. The molecule has 0 aliphatic rings. The number of benzene rings is 1. The van der Waals surface area contributed by atoms with Gasteiger partial charge in [-0.05, 0) is 46.6 Å². The molecule has 0 radical (unpaired) electrons. The van der Waals surface area contributed by atoms with Gasteiger partial charge < -0.3 is 14.6 Å². The Bertz CT molecular complexity index is 548. The number of carbonyl (C=O) groups is 1. The lowest BCUT2D eigenvalue weighted by atomic mass is 10.2. The number of halogens is 1. The Labute approximate surface area is 119 Å². The van der Waals surface area contributed by atoms with E-state index < -0.39 is 12.1 Å². The number of phenols is 1. The molecule has 0 saturated carbocycles. The van der Waals surface area contributed by atoms with Crippen LogP contribution < -0.4 is 4.74 Å². The van der Waals surface area contributed by atoms with E-state index in [-0.39, 0.29) is 11.5 Å². The quantitative estimate of drug-likeness (QED) is 0.680. The van der Waals surface area contributed by atoms with Crippen LogP contribution in [0.25, 0.3) is 6.08 Å². The van der Waals surface area contributed by atoms with E-state index in [9.17, 15) is 9.90 Å². The summed E-state index contributed by atoms with van der Waals surface area (Å²) in [6.07, 6.45) is 1.91. The normalized spacial score (nSPS) is 11.9. The lowest BCUT2D eigenvalue weighted by molar-refractivity contribution is -0.139. The zero-order valence-electron chi connectivity index (χ0n) is 10.4. The molecule has 19 heavy (non-hydrogen) atoms. The Hall–Kier alpha value is -2.00. The lowest BCUT2D eigenvalue weighted by Gasteiger charge is -2.06. The zero-order chi connectivity index (χ0) is 14.4. The highest BCUT2D eigenvalue weighted by Crippen LogP contribution is 2.35. The Morgan fingerprint density at radius 1 is 1.58 bits per heavy atom. The molecule has 0 heterocycles. The first-order chi connectivity index (χ1) is 8.97. The van der Waals surface area contributed by atoms with Gasteiger partial charge in [0.1, 0.15) is 6.07 Å². The van der Waals surface area contributed by atoms with E-state index in [1.807, 2.05) is 0 Å². The maximum atomic E-state index is 11.3. The molecule has 0 aliphatic carbocycles. The van der Waals surface area contributed by atoms with E-state index >= 15 is 0 Å². The van der Waals surface area contributed by atoms with E-state index in [1.165, 1.54) is 26.2 Å². The van der Waals surface area contributed by atoms with Gasteiger partial charge in [0.25, 0.3) is 0 Å². The molecular formula is C13H12BrNO4. The second-order valence-corrected chi connectivity index (χ2v) is 4.45. The molecule has 1 aromatic carbocycles. The van der Waals surface area contributed by atoms with Gasteiger partial charge in [-0.2, -0.15) is 5.26 Å². The van der Waals surface area contributed by atoms with Gasteiger partial charge in [-0.1, -0.05) is 0 Å². The van der Waals surface area contributed by atoms with Gasteiger partial charge >= 0.3 is 5.97 Å². The first kappa shape index (κ1) is 15.1. The number of hydrogen-bond acceptors (Lipinski definition) is 5. The van der Waals surface area contributed by atoms with Crippen molar-refractivity contribution in [3.05, 3.63) is 28.2 Å². The van der Waals surface area contributed by atoms with Crippen molar-refractivity contribution in [2.75, 3.05) is 7.11 Å². The second-order valence-electron chi connectivity index (χ2n) is 3.60. The average molecular weight is 326 g/mol. The topological polar surface area (TPSA) is 79.5 Å². The Kier molecular flexibility index (Phi) is 5.39. The minimum atomic E-state index is -0.793. The molecule has 1 aromatic rings. The number of nitriles is 1. The Balaban J connectivity index is 2.86. The van der Waals surface area contributed by atoms with Crippen LogP contribution in [-0.4, -0.2) is 24.3 Å². The summed E-state index contributed by atoms with van der Waals surface area (Å²) < 4.78 is 10.2. The summed E-state index contributed by atoms with van der Waals surface area (Å²) in [6, 6.07) is 4.98. The number of nitrogens with zero attached hydrogens (tertiary/aromatic N) is 1.